The van der Waals surface area contributed by atoms with Crippen molar-refractivity contribution in [2.24, 2.45) is 17.3 Å². The zero-order valence-electron chi connectivity index (χ0n) is 18.7. The van der Waals surface area contributed by atoms with Gasteiger partial charge >= 0.3 is 5.97 Å². The van der Waals surface area contributed by atoms with E-state index in [0.717, 1.165) is 38.0 Å². The average Bonchev–Trinajstić information content (AvgIpc) is 3.02. The first-order valence-electron chi connectivity index (χ1n) is 11.9. The number of esters is 1. The quantitative estimate of drug-likeness (QED) is 0.522. The van der Waals surface area contributed by atoms with Gasteiger partial charge in [0, 0.05) is 30.6 Å². The van der Waals surface area contributed by atoms with Crippen molar-refractivity contribution in [3.05, 3.63) is 46.0 Å². The summed E-state index contributed by atoms with van der Waals surface area (Å²) in [5, 5.41) is 11.9. The number of fused-ring (bicyclic) bond motifs is 2. The Morgan fingerprint density at radius 2 is 1.90 bits per heavy atom. The molecule has 2 heterocycles. The fraction of sp³-hybridized carbons (Fsp3) is 0.654. The summed E-state index contributed by atoms with van der Waals surface area (Å²) in [7, 11) is 0. The van der Waals surface area contributed by atoms with Crippen molar-refractivity contribution in [2.75, 3.05) is 19.6 Å². The van der Waals surface area contributed by atoms with Crippen LogP contribution in [0.5, 0.6) is 0 Å². The third kappa shape index (κ3) is 3.85. The Hall–Kier alpha value is -1.36. The maximum absolute atomic E-state index is 12.9. The Morgan fingerprint density at radius 1 is 1.19 bits per heavy atom. The van der Waals surface area contributed by atoms with Gasteiger partial charge in [0.05, 0.1) is 11.5 Å². The molecule has 4 nitrogen and oxygen atoms in total. The van der Waals surface area contributed by atoms with Gasteiger partial charge in [0.15, 0.2) is 0 Å². The summed E-state index contributed by atoms with van der Waals surface area (Å²) in [5.74, 6) is 0.258. The largest absolute Gasteiger partial charge is 0.462 e. The van der Waals surface area contributed by atoms with Crippen molar-refractivity contribution in [1.29, 1.82) is 0 Å². The number of carbonyl (C=O) groups is 1. The Balaban J connectivity index is 1.26. The Morgan fingerprint density at radius 3 is 2.61 bits per heavy atom. The van der Waals surface area contributed by atoms with Crippen LogP contribution in [0.2, 0.25) is 5.02 Å². The van der Waals surface area contributed by atoms with Gasteiger partial charge < -0.3 is 14.7 Å². The Bertz CT molecular complexity index is 886. The maximum atomic E-state index is 12.9. The summed E-state index contributed by atoms with van der Waals surface area (Å²) < 4.78 is 5.94. The van der Waals surface area contributed by atoms with Crippen molar-refractivity contribution >= 4 is 17.6 Å². The van der Waals surface area contributed by atoms with E-state index in [1.807, 2.05) is 24.3 Å². The van der Waals surface area contributed by atoms with E-state index in [1.54, 1.807) is 11.1 Å². The number of allylic oxidation sites excluding steroid dienone is 2. The zero-order chi connectivity index (χ0) is 21.8. The number of hydrogen-bond donors (Lipinski definition) is 1. The summed E-state index contributed by atoms with van der Waals surface area (Å²) in [5.41, 5.74) is 3.51. The Kier molecular flexibility index (Phi) is 5.47. The van der Waals surface area contributed by atoms with Crippen LogP contribution in [-0.4, -0.2) is 41.7 Å². The summed E-state index contributed by atoms with van der Waals surface area (Å²) >= 11 is 6.01. The molecule has 2 aliphatic heterocycles. The topological polar surface area (TPSA) is 49.8 Å². The van der Waals surface area contributed by atoms with Gasteiger partial charge in [-0.15, -0.1) is 0 Å². The van der Waals surface area contributed by atoms with Gasteiger partial charge in [0.2, 0.25) is 0 Å². The highest BCUT2D eigenvalue weighted by molar-refractivity contribution is 6.30. The van der Waals surface area contributed by atoms with Gasteiger partial charge in [-0.2, -0.15) is 0 Å². The molecule has 1 aromatic rings. The van der Waals surface area contributed by atoms with E-state index in [9.17, 15) is 9.90 Å². The van der Waals surface area contributed by atoms with Crippen LogP contribution in [0.3, 0.4) is 0 Å². The molecule has 0 bridgehead atoms. The Labute approximate surface area is 190 Å². The van der Waals surface area contributed by atoms with Crippen LogP contribution >= 0.6 is 11.6 Å². The van der Waals surface area contributed by atoms with Crippen molar-refractivity contribution in [3.8, 4) is 0 Å². The normalized spacial score (nSPS) is 35.5. The molecule has 1 aromatic carbocycles. The van der Waals surface area contributed by atoms with Crippen LogP contribution in [0.15, 0.2) is 35.4 Å². The molecule has 4 aliphatic rings. The predicted molar refractivity (Wildman–Crippen MR) is 122 cm³/mol. The van der Waals surface area contributed by atoms with Crippen molar-refractivity contribution in [3.63, 3.8) is 0 Å². The lowest BCUT2D eigenvalue weighted by Crippen LogP contribution is -2.46. The number of carbonyl (C=O) groups excluding carboxylic acids is 1. The van der Waals surface area contributed by atoms with Gasteiger partial charge in [-0.05, 0) is 75.0 Å². The number of hydrogen-bond acceptors (Lipinski definition) is 4. The molecule has 4 unspecified atom stereocenters. The smallest absolute Gasteiger partial charge is 0.310 e. The van der Waals surface area contributed by atoms with E-state index in [1.165, 1.54) is 19.3 Å². The van der Waals surface area contributed by atoms with E-state index in [0.29, 0.717) is 23.8 Å². The summed E-state index contributed by atoms with van der Waals surface area (Å²) in [4.78, 5) is 15.2. The van der Waals surface area contributed by atoms with E-state index in [2.05, 4.69) is 18.7 Å². The molecule has 3 fully saturated rings. The number of benzene rings is 1. The molecular formula is C26H34ClNO3. The predicted octanol–water partition coefficient (Wildman–Crippen LogP) is 5.08. The van der Waals surface area contributed by atoms with E-state index in [4.69, 9.17) is 16.3 Å². The summed E-state index contributed by atoms with van der Waals surface area (Å²) in [6.07, 6.45) is 7.12. The molecule has 168 valence electrons. The van der Waals surface area contributed by atoms with E-state index >= 15 is 0 Å². The molecular weight excluding hydrogens is 410 g/mol. The second-order valence-corrected chi connectivity index (χ2v) is 11.1. The van der Waals surface area contributed by atoms with Crippen LogP contribution in [0.4, 0.5) is 0 Å². The molecule has 31 heavy (non-hydrogen) atoms. The highest BCUT2D eigenvalue weighted by Gasteiger charge is 2.53. The minimum Gasteiger partial charge on any atom is -0.462 e. The highest BCUT2D eigenvalue weighted by Crippen LogP contribution is 2.55. The third-order valence-corrected chi connectivity index (χ3v) is 8.95. The van der Waals surface area contributed by atoms with Crippen LogP contribution in [0.25, 0.3) is 0 Å². The minimum absolute atomic E-state index is 0.00552. The van der Waals surface area contributed by atoms with Crippen molar-refractivity contribution in [1.82, 2.24) is 4.90 Å². The molecule has 2 saturated heterocycles. The molecule has 4 atom stereocenters. The fourth-order valence-electron chi connectivity index (χ4n) is 6.75. The molecule has 0 radical (unpaired) electrons. The number of halogens is 1. The van der Waals surface area contributed by atoms with Gasteiger partial charge in [-0.25, -0.2) is 0 Å². The van der Waals surface area contributed by atoms with Crippen molar-refractivity contribution in [2.45, 2.75) is 70.5 Å². The van der Waals surface area contributed by atoms with Gasteiger partial charge in [0.25, 0.3) is 0 Å². The molecule has 1 N–H and O–H groups in total. The molecule has 0 aromatic heterocycles. The number of rotatable bonds is 3. The van der Waals surface area contributed by atoms with Gasteiger partial charge in [0.1, 0.15) is 6.10 Å². The average molecular weight is 444 g/mol. The van der Waals surface area contributed by atoms with Crippen LogP contribution < -0.4 is 0 Å². The van der Waals surface area contributed by atoms with Crippen LogP contribution in [-0.2, 0) is 15.1 Å². The van der Waals surface area contributed by atoms with Crippen molar-refractivity contribution < 1.29 is 14.6 Å². The zero-order valence-corrected chi connectivity index (χ0v) is 19.5. The standard InChI is InChI=1S/C26H34ClNO3/c1-17-4-3-9-25(2)15-23-20(14-22(17)25)21(24(29)31-23)16-28-12-10-26(30,11-13-28)18-5-7-19(27)8-6-18/h5-8,20-21,23,30H,3-4,9-16H2,1-2H3. The summed E-state index contributed by atoms with van der Waals surface area (Å²) in [6.45, 7) is 7.01. The number of nitrogens with zero attached hydrogens (tertiary/aromatic N) is 1. The van der Waals surface area contributed by atoms with E-state index < -0.39 is 5.60 Å². The molecule has 0 amide bonds. The maximum Gasteiger partial charge on any atom is 0.310 e. The number of piperidine rings is 1. The molecule has 0 spiro atoms. The van der Waals surface area contributed by atoms with Gasteiger partial charge in [-0.1, -0.05) is 41.8 Å². The minimum atomic E-state index is -0.809. The molecule has 1 saturated carbocycles. The monoisotopic (exact) mass is 443 g/mol. The summed E-state index contributed by atoms with van der Waals surface area (Å²) in [6, 6.07) is 7.54. The molecule has 5 rings (SSSR count). The number of aliphatic hydroxyl groups is 1. The highest BCUT2D eigenvalue weighted by atomic mass is 35.5. The first kappa shape index (κ1) is 21.5. The van der Waals surface area contributed by atoms with Gasteiger partial charge in [-0.3, -0.25) is 4.79 Å². The fourth-order valence-corrected chi connectivity index (χ4v) is 6.88. The van der Waals surface area contributed by atoms with E-state index in [-0.39, 0.29) is 23.4 Å². The lowest BCUT2D eigenvalue weighted by Gasteiger charge is -2.46. The first-order valence-corrected chi connectivity index (χ1v) is 12.3. The first-order chi connectivity index (χ1) is 14.8. The number of ether oxygens (including phenoxy) is 1. The second kappa shape index (κ2) is 7.90. The lowest BCUT2D eigenvalue weighted by atomic mass is 9.59. The number of likely N-dealkylation sites (tertiary alicyclic amines) is 1. The molecule has 5 heteroatoms. The van der Waals surface area contributed by atoms with Crippen LogP contribution in [0, 0.1) is 17.3 Å². The third-order valence-electron chi connectivity index (χ3n) is 8.70. The SMILES string of the molecule is CC1=C2CC3C(CC2(C)CCC1)OC(=O)C3CN1CCC(O)(c2ccc(Cl)cc2)CC1. The van der Waals surface area contributed by atoms with Crippen LogP contribution in [0.1, 0.15) is 64.4 Å². The lowest BCUT2D eigenvalue weighted by molar-refractivity contribution is -0.145. The second-order valence-electron chi connectivity index (χ2n) is 10.7. The molecule has 2 aliphatic carbocycles.